The maximum absolute atomic E-state index is 8.85. The molecule has 0 amide bonds. The quantitative estimate of drug-likeness (QED) is 0.780. The molecule has 0 unspecified atom stereocenters. The molecule has 0 aliphatic rings. The van der Waals surface area contributed by atoms with Crippen LogP contribution in [0.25, 0.3) is 0 Å². The molecule has 0 spiro atoms. The minimum absolute atomic E-state index is 0.284. The van der Waals surface area contributed by atoms with Crippen molar-refractivity contribution in [2.45, 2.75) is 40.5 Å². The first-order valence-electron chi connectivity index (χ1n) is 5.25. The molecule has 14 heavy (non-hydrogen) atoms. The molecule has 0 aliphatic carbocycles. The maximum Gasteiger partial charge on any atom is 0.0434 e. The molecule has 1 N–H and O–H groups in total. The van der Waals surface area contributed by atoms with E-state index < -0.39 is 0 Å². The van der Waals surface area contributed by atoms with Gasteiger partial charge in [-0.05, 0) is 68.4 Å². The van der Waals surface area contributed by atoms with Gasteiger partial charge in [-0.1, -0.05) is 6.07 Å². The lowest BCUT2D eigenvalue weighted by Gasteiger charge is -2.14. The zero-order valence-electron chi connectivity index (χ0n) is 9.65. The highest BCUT2D eigenvalue weighted by Crippen LogP contribution is 2.22. The summed E-state index contributed by atoms with van der Waals surface area (Å²) in [4.78, 5) is 0. The fraction of sp³-hybridized carbons (Fsp3) is 0.538. The van der Waals surface area contributed by atoms with Crippen LogP contribution in [-0.2, 0) is 6.42 Å². The van der Waals surface area contributed by atoms with Crippen LogP contribution in [0.1, 0.15) is 34.2 Å². The Morgan fingerprint density at radius 1 is 1.00 bits per heavy atom. The van der Waals surface area contributed by atoms with Crippen LogP contribution in [0.3, 0.4) is 0 Å². The predicted octanol–water partition coefficient (Wildman–Crippen LogP) is 2.85. The van der Waals surface area contributed by atoms with Gasteiger partial charge >= 0.3 is 0 Å². The van der Waals surface area contributed by atoms with Gasteiger partial charge in [-0.3, -0.25) is 0 Å². The van der Waals surface area contributed by atoms with Gasteiger partial charge in [0.1, 0.15) is 0 Å². The highest BCUT2D eigenvalue weighted by molar-refractivity contribution is 5.43. The van der Waals surface area contributed by atoms with Crippen molar-refractivity contribution in [2.24, 2.45) is 0 Å². The molecule has 0 saturated heterocycles. The molecule has 1 heteroatoms. The molecule has 0 aliphatic heterocycles. The Labute approximate surface area is 86.8 Å². The zero-order valence-corrected chi connectivity index (χ0v) is 9.65. The zero-order chi connectivity index (χ0) is 10.7. The molecule has 1 aromatic rings. The van der Waals surface area contributed by atoms with Crippen molar-refractivity contribution >= 4 is 0 Å². The molecule has 0 bridgehead atoms. The first-order chi connectivity index (χ1) is 6.57. The Kier molecular flexibility index (Phi) is 3.70. The smallest absolute Gasteiger partial charge is 0.0434 e. The molecule has 0 atom stereocenters. The summed E-state index contributed by atoms with van der Waals surface area (Å²) in [7, 11) is 0. The number of aliphatic hydroxyl groups excluding tert-OH is 1. The second-order valence-electron chi connectivity index (χ2n) is 4.07. The molecule has 1 aromatic carbocycles. The fourth-order valence-electron chi connectivity index (χ4n) is 1.93. The predicted molar refractivity (Wildman–Crippen MR) is 60.8 cm³/mol. The van der Waals surface area contributed by atoms with Gasteiger partial charge in [0.05, 0.1) is 0 Å². The average Bonchev–Trinajstić information content (AvgIpc) is 2.15. The van der Waals surface area contributed by atoms with Gasteiger partial charge < -0.3 is 5.11 Å². The van der Waals surface area contributed by atoms with Gasteiger partial charge in [0.2, 0.25) is 0 Å². The summed E-state index contributed by atoms with van der Waals surface area (Å²) in [6.07, 6.45) is 1.86. The van der Waals surface area contributed by atoms with E-state index in [0.29, 0.717) is 0 Å². The summed E-state index contributed by atoms with van der Waals surface area (Å²) < 4.78 is 0. The summed E-state index contributed by atoms with van der Waals surface area (Å²) in [6, 6.07) is 2.24. The van der Waals surface area contributed by atoms with Crippen LogP contribution in [0.4, 0.5) is 0 Å². The van der Waals surface area contributed by atoms with Crippen molar-refractivity contribution in [3.05, 3.63) is 33.9 Å². The molecule has 0 aromatic heterocycles. The lowest BCUT2D eigenvalue weighted by molar-refractivity contribution is 0.288. The van der Waals surface area contributed by atoms with E-state index in [1.807, 2.05) is 0 Å². The van der Waals surface area contributed by atoms with Crippen molar-refractivity contribution in [2.75, 3.05) is 6.61 Å². The highest BCUT2D eigenvalue weighted by Gasteiger charge is 2.07. The fourth-order valence-corrected chi connectivity index (χ4v) is 1.93. The van der Waals surface area contributed by atoms with E-state index in [2.05, 4.69) is 33.8 Å². The van der Waals surface area contributed by atoms with Crippen molar-refractivity contribution in [3.8, 4) is 0 Å². The van der Waals surface area contributed by atoms with E-state index in [9.17, 15) is 0 Å². The van der Waals surface area contributed by atoms with Crippen molar-refractivity contribution in [3.63, 3.8) is 0 Å². The molecule has 0 heterocycles. The van der Waals surface area contributed by atoms with E-state index in [0.717, 1.165) is 12.8 Å². The number of aryl methyl sites for hydroxylation is 2. The van der Waals surface area contributed by atoms with Crippen molar-refractivity contribution < 1.29 is 5.11 Å². The van der Waals surface area contributed by atoms with Crippen LogP contribution in [0, 0.1) is 27.7 Å². The molecule has 78 valence electrons. The topological polar surface area (TPSA) is 20.2 Å². The lowest BCUT2D eigenvalue weighted by atomic mass is 9.92. The van der Waals surface area contributed by atoms with Crippen LogP contribution in [-0.4, -0.2) is 11.7 Å². The number of hydrogen-bond acceptors (Lipinski definition) is 1. The molecular formula is C13H20O. The Morgan fingerprint density at radius 3 is 1.93 bits per heavy atom. The largest absolute Gasteiger partial charge is 0.396 e. The number of aliphatic hydroxyl groups is 1. The van der Waals surface area contributed by atoms with E-state index in [-0.39, 0.29) is 6.61 Å². The van der Waals surface area contributed by atoms with E-state index in [4.69, 9.17) is 5.11 Å². The minimum Gasteiger partial charge on any atom is -0.396 e. The van der Waals surface area contributed by atoms with E-state index >= 15 is 0 Å². The second kappa shape index (κ2) is 4.61. The van der Waals surface area contributed by atoms with Crippen LogP contribution in [0.2, 0.25) is 0 Å². The van der Waals surface area contributed by atoms with Crippen molar-refractivity contribution in [1.82, 2.24) is 0 Å². The van der Waals surface area contributed by atoms with Gasteiger partial charge in [-0.25, -0.2) is 0 Å². The summed E-state index contributed by atoms with van der Waals surface area (Å²) in [5.74, 6) is 0. The standard InChI is InChI=1S/C13H20O/c1-9-8-10(2)12(4)13(11(9)3)6-5-7-14/h8,14H,5-7H2,1-4H3. The second-order valence-corrected chi connectivity index (χ2v) is 4.07. The number of rotatable bonds is 3. The number of hydrogen-bond donors (Lipinski definition) is 1. The van der Waals surface area contributed by atoms with Gasteiger partial charge in [0, 0.05) is 6.61 Å². The van der Waals surface area contributed by atoms with Gasteiger partial charge in [-0.15, -0.1) is 0 Å². The molecule has 0 saturated carbocycles. The Balaban J connectivity index is 3.11. The van der Waals surface area contributed by atoms with Gasteiger partial charge in [0.25, 0.3) is 0 Å². The van der Waals surface area contributed by atoms with Crippen LogP contribution in [0.15, 0.2) is 6.07 Å². The van der Waals surface area contributed by atoms with Crippen molar-refractivity contribution in [1.29, 1.82) is 0 Å². The first kappa shape index (κ1) is 11.3. The maximum atomic E-state index is 8.85. The Bertz CT molecular complexity index is 300. The first-order valence-corrected chi connectivity index (χ1v) is 5.25. The summed E-state index contributed by atoms with van der Waals surface area (Å²) in [5, 5.41) is 8.85. The Hall–Kier alpha value is -0.820. The lowest BCUT2D eigenvalue weighted by Crippen LogP contribution is -2.00. The third kappa shape index (κ3) is 2.16. The minimum atomic E-state index is 0.284. The third-order valence-electron chi connectivity index (χ3n) is 3.11. The summed E-state index contributed by atoms with van der Waals surface area (Å²) in [5.41, 5.74) is 6.93. The van der Waals surface area contributed by atoms with Crippen LogP contribution >= 0.6 is 0 Å². The SMILES string of the molecule is Cc1cc(C)c(C)c(CCCO)c1C. The monoisotopic (exact) mass is 192 g/mol. The average molecular weight is 192 g/mol. The third-order valence-corrected chi connectivity index (χ3v) is 3.11. The molecule has 1 rings (SSSR count). The van der Waals surface area contributed by atoms with Gasteiger partial charge in [0.15, 0.2) is 0 Å². The summed E-state index contributed by atoms with van der Waals surface area (Å²) >= 11 is 0. The number of benzene rings is 1. The van der Waals surface area contributed by atoms with Gasteiger partial charge in [-0.2, -0.15) is 0 Å². The molecule has 0 fully saturated rings. The summed E-state index contributed by atoms with van der Waals surface area (Å²) in [6.45, 7) is 8.95. The molecule has 1 nitrogen and oxygen atoms in total. The van der Waals surface area contributed by atoms with Crippen LogP contribution in [0.5, 0.6) is 0 Å². The highest BCUT2D eigenvalue weighted by atomic mass is 16.2. The Morgan fingerprint density at radius 2 is 1.50 bits per heavy atom. The molecule has 0 radical (unpaired) electrons. The van der Waals surface area contributed by atoms with E-state index in [1.165, 1.54) is 27.8 Å². The normalized spacial score (nSPS) is 10.6. The van der Waals surface area contributed by atoms with E-state index in [1.54, 1.807) is 0 Å². The van der Waals surface area contributed by atoms with Crippen LogP contribution < -0.4 is 0 Å². The molecular weight excluding hydrogens is 172 g/mol.